The van der Waals surface area contributed by atoms with Crippen molar-refractivity contribution in [3.05, 3.63) is 27.2 Å². The highest BCUT2D eigenvalue weighted by molar-refractivity contribution is 5.80. The fourth-order valence-corrected chi connectivity index (χ4v) is 3.13. The van der Waals surface area contributed by atoms with Crippen LogP contribution in [0.2, 0.25) is 0 Å². The predicted octanol–water partition coefficient (Wildman–Crippen LogP) is 1.68. The van der Waals surface area contributed by atoms with Gasteiger partial charge < -0.3 is 10.3 Å². The van der Waals surface area contributed by atoms with E-state index < -0.39 is 0 Å². The quantitative estimate of drug-likeness (QED) is 0.634. The second kappa shape index (κ2) is 9.12. The van der Waals surface area contributed by atoms with Crippen molar-refractivity contribution in [2.24, 2.45) is 11.7 Å². The van der Waals surface area contributed by atoms with Crippen LogP contribution in [0, 0.1) is 5.92 Å². The average Bonchev–Trinajstić information content (AvgIpc) is 3.02. The van der Waals surface area contributed by atoms with Gasteiger partial charge in [-0.05, 0) is 39.0 Å². The Bertz CT molecular complexity index is 904. The molecule has 2 heterocycles. The number of imidazole rings is 1. The Balaban J connectivity index is 2.43. The first kappa shape index (κ1) is 21.1. The van der Waals surface area contributed by atoms with Gasteiger partial charge >= 0.3 is 5.69 Å². The van der Waals surface area contributed by atoms with Crippen LogP contribution in [0.1, 0.15) is 59.4 Å². The highest BCUT2D eigenvalue weighted by atomic mass is 16.2. The van der Waals surface area contributed by atoms with Crippen LogP contribution in [0.25, 0.3) is 11.2 Å². The van der Waals surface area contributed by atoms with Crippen molar-refractivity contribution >= 4 is 16.9 Å². The van der Waals surface area contributed by atoms with Crippen LogP contribution >= 0.6 is 0 Å². The van der Waals surface area contributed by atoms with Crippen molar-refractivity contribution < 1.29 is 4.79 Å². The second-order valence-corrected chi connectivity index (χ2v) is 7.70. The van der Waals surface area contributed by atoms with E-state index in [9.17, 15) is 14.4 Å². The Kier molecular flexibility index (Phi) is 7.12. The molecule has 0 unspecified atom stereocenters. The molecular formula is C19H31N5O3. The van der Waals surface area contributed by atoms with Gasteiger partial charge in [-0.3, -0.25) is 18.7 Å². The highest BCUT2D eigenvalue weighted by Crippen LogP contribution is 2.13. The normalized spacial score (nSPS) is 11.8. The first-order valence-corrected chi connectivity index (χ1v) is 9.69. The lowest BCUT2D eigenvalue weighted by Gasteiger charge is -2.15. The summed E-state index contributed by atoms with van der Waals surface area (Å²) in [6.07, 6.45) is 4.13. The highest BCUT2D eigenvalue weighted by Gasteiger charge is 2.19. The number of hydrogen-bond donors (Lipinski definition) is 1. The molecule has 27 heavy (non-hydrogen) atoms. The topological polar surface area (TPSA) is 105 Å². The summed E-state index contributed by atoms with van der Waals surface area (Å²) in [7, 11) is 0. The number of carbonyl (C=O) groups excluding carboxylic acids is 1. The van der Waals surface area contributed by atoms with E-state index in [0.29, 0.717) is 42.9 Å². The van der Waals surface area contributed by atoms with E-state index >= 15 is 0 Å². The lowest BCUT2D eigenvalue weighted by atomic mass is 10.1. The Hall–Kier alpha value is -2.22. The number of rotatable bonds is 10. The van der Waals surface area contributed by atoms with Crippen LogP contribution in [-0.2, 0) is 17.9 Å². The molecule has 0 spiro atoms. The molecule has 0 radical (unpaired) electrons. The Morgan fingerprint density at radius 3 is 2.44 bits per heavy atom. The SMILES string of the molecule is CC(C)CCn1cnc2c1c(=O)n(CCCCC(=O)CN)c(=O)n2C(C)C. The molecule has 0 amide bonds. The van der Waals surface area contributed by atoms with E-state index in [4.69, 9.17) is 5.73 Å². The molecule has 0 saturated heterocycles. The molecular weight excluding hydrogens is 346 g/mol. The van der Waals surface area contributed by atoms with Crippen LogP contribution < -0.4 is 17.0 Å². The fraction of sp³-hybridized carbons (Fsp3) is 0.684. The first-order chi connectivity index (χ1) is 12.8. The lowest BCUT2D eigenvalue weighted by molar-refractivity contribution is -0.117. The van der Waals surface area contributed by atoms with Gasteiger partial charge in [0.05, 0.1) is 12.9 Å². The summed E-state index contributed by atoms with van der Waals surface area (Å²) in [6, 6.07) is -0.112. The van der Waals surface area contributed by atoms with Crippen LogP contribution in [0.4, 0.5) is 0 Å². The third-order valence-corrected chi connectivity index (χ3v) is 4.71. The molecule has 0 aliphatic rings. The van der Waals surface area contributed by atoms with E-state index in [-0.39, 0.29) is 36.2 Å². The zero-order valence-corrected chi connectivity index (χ0v) is 16.8. The molecule has 0 aliphatic heterocycles. The van der Waals surface area contributed by atoms with Gasteiger partial charge in [0.25, 0.3) is 5.56 Å². The number of hydrogen-bond acceptors (Lipinski definition) is 5. The number of ketones is 1. The molecule has 2 rings (SSSR count). The number of aryl methyl sites for hydroxylation is 1. The van der Waals surface area contributed by atoms with Crippen molar-refractivity contribution in [1.29, 1.82) is 0 Å². The predicted molar refractivity (Wildman–Crippen MR) is 106 cm³/mol. The first-order valence-electron chi connectivity index (χ1n) is 9.69. The van der Waals surface area contributed by atoms with Crippen LogP contribution in [0.3, 0.4) is 0 Å². The minimum absolute atomic E-state index is 0.0100. The van der Waals surface area contributed by atoms with Crippen LogP contribution in [0.5, 0.6) is 0 Å². The van der Waals surface area contributed by atoms with E-state index in [1.54, 1.807) is 10.9 Å². The Labute approximate surface area is 159 Å². The molecule has 0 atom stereocenters. The molecule has 0 aliphatic carbocycles. The molecule has 2 aromatic heterocycles. The smallest absolute Gasteiger partial charge is 0.325 e. The molecule has 8 heteroatoms. The molecule has 0 bridgehead atoms. The maximum absolute atomic E-state index is 13.0. The van der Waals surface area contributed by atoms with Gasteiger partial charge in [-0.1, -0.05) is 13.8 Å². The molecule has 0 aromatic carbocycles. The average molecular weight is 377 g/mol. The van der Waals surface area contributed by atoms with Gasteiger partial charge in [0.15, 0.2) is 11.2 Å². The summed E-state index contributed by atoms with van der Waals surface area (Å²) in [6.45, 7) is 9.07. The molecule has 0 saturated carbocycles. The number of aromatic nitrogens is 4. The van der Waals surface area contributed by atoms with Crippen molar-refractivity contribution in [2.75, 3.05) is 6.54 Å². The molecule has 2 N–H and O–H groups in total. The lowest BCUT2D eigenvalue weighted by Crippen LogP contribution is -2.41. The standard InChI is InChI=1S/C19H31N5O3/c1-13(2)8-10-22-12-21-17-16(22)18(26)23(19(27)24(17)14(3)4)9-6-5-7-15(25)11-20/h12-14H,5-11,20H2,1-4H3. The zero-order valence-electron chi connectivity index (χ0n) is 16.8. The van der Waals surface area contributed by atoms with E-state index in [1.807, 2.05) is 18.4 Å². The van der Waals surface area contributed by atoms with Gasteiger partial charge in [0, 0.05) is 25.6 Å². The summed E-state index contributed by atoms with van der Waals surface area (Å²) >= 11 is 0. The van der Waals surface area contributed by atoms with Crippen LogP contribution in [-0.4, -0.2) is 31.0 Å². The fourth-order valence-electron chi connectivity index (χ4n) is 3.13. The number of carbonyl (C=O) groups is 1. The minimum Gasteiger partial charge on any atom is -0.325 e. The van der Waals surface area contributed by atoms with Gasteiger partial charge in [-0.25, -0.2) is 9.78 Å². The second-order valence-electron chi connectivity index (χ2n) is 7.70. The van der Waals surface area contributed by atoms with E-state index in [2.05, 4.69) is 18.8 Å². The number of unbranched alkanes of at least 4 members (excludes halogenated alkanes) is 1. The monoisotopic (exact) mass is 377 g/mol. The number of Topliss-reactive ketones (excluding diaryl/α,β-unsaturated/α-hetero) is 1. The van der Waals surface area contributed by atoms with E-state index in [1.165, 1.54) is 4.57 Å². The van der Waals surface area contributed by atoms with Crippen molar-refractivity contribution in [2.45, 2.75) is 72.5 Å². The summed E-state index contributed by atoms with van der Waals surface area (Å²) in [5, 5.41) is 0. The number of nitrogens with two attached hydrogens (primary N) is 1. The zero-order chi connectivity index (χ0) is 20.1. The van der Waals surface area contributed by atoms with Crippen molar-refractivity contribution in [3.63, 3.8) is 0 Å². The summed E-state index contributed by atoms with van der Waals surface area (Å²) in [4.78, 5) is 41.6. The molecule has 0 fully saturated rings. The summed E-state index contributed by atoms with van der Waals surface area (Å²) in [5.74, 6) is 0.491. The third-order valence-electron chi connectivity index (χ3n) is 4.71. The Morgan fingerprint density at radius 2 is 1.85 bits per heavy atom. The van der Waals surface area contributed by atoms with Crippen LogP contribution in [0.15, 0.2) is 15.9 Å². The minimum atomic E-state index is -0.346. The van der Waals surface area contributed by atoms with Gasteiger partial charge in [-0.15, -0.1) is 0 Å². The maximum atomic E-state index is 13.0. The van der Waals surface area contributed by atoms with Gasteiger partial charge in [0.1, 0.15) is 5.78 Å². The van der Waals surface area contributed by atoms with Crippen molar-refractivity contribution in [3.8, 4) is 0 Å². The molecule has 8 nitrogen and oxygen atoms in total. The summed E-state index contributed by atoms with van der Waals surface area (Å²) in [5.41, 5.74) is 5.58. The van der Waals surface area contributed by atoms with Crippen molar-refractivity contribution in [1.82, 2.24) is 18.7 Å². The maximum Gasteiger partial charge on any atom is 0.332 e. The van der Waals surface area contributed by atoms with Gasteiger partial charge in [0.2, 0.25) is 0 Å². The van der Waals surface area contributed by atoms with E-state index in [0.717, 1.165) is 6.42 Å². The molecule has 150 valence electrons. The number of nitrogens with zero attached hydrogens (tertiary/aromatic N) is 4. The molecule has 2 aromatic rings. The largest absolute Gasteiger partial charge is 0.332 e. The Morgan fingerprint density at radius 1 is 1.15 bits per heavy atom. The number of fused-ring (bicyclic) bond motifs is 1. The third kappa shape index (κ3) is 4.74. The summed E-state index contributed by atoms with van der Waals surface area (Å²) < 4.78 is 4.71. The van der Waals surface area contributed by atoms with Gasteiger partial charge in [-0.2, -0.15) is 0 Å².